The highest BCUT2D eigenvalue weighted by molar-refractivity contribution is 6.30. The number of likely N-dealkylation sites (tertiary alicyclic amines) is 2. The number of aliphatic hydroxyl groups is 1. The summed E-state index contributed by atoms with van der Waals surface area (Å²) in [5.41, 5.74) is 4.16. The van der Waals surface area contributed by atoms with Crippen LogP contribution in [0.5, 0.6) is 11.5 Å². The number of carbonyl (C=O) groups excluding carboxylic acids is 5. The van der Waals surface area contributed by atoms with Crippen molar-refractivity contribution in [1.29, 1.82) is 0 Å². The van der Waals surface area contributed by atoms with Gasteiger partial charge in [-0.1, -0.05) is 62.1 Å². The third-order valence-corrected chi connectivity index (χ3v) is 19.6. The second kappa shape index (κ2) is 30.1. The zero-order chi connectivity index (χ0) is 62.8. The van der Waals surface area contributed by atoms with Crippen molar-refractivity contribution in [3.63, 3.8) is 0 Å². The molecule has 3 aromatic carbocycles. The molecule has 4 aliphatic heterocycles. The largest absolute Gasteiger partial charge is 0.497 e. The summed E-state index contributed by atoms with van der Waals surface area (Å²) in [6.07, 6.45) is 10.5. The predicted molar refractivity (Wildman–Crippen MR) is 343 cm³/mol. The Morgan fingerprint density at radius 2 is 1.51 bits per heavy atom. The normalized spacial score (nSPS) is 21.4. The number of nitrogens with one attached hydrogen (secondary N) is 1. The number of rotatable bonds is 20. The predicted octanol–water partition coefficient (Wildman–Crippen LogP) is 9.28. The SMILES string of the molecule is CCOc1cc(OC)ccc1CN(CC(=O)N1CCCC(c2cccc(C(=O)N[C@@H](C(=O)N3CCN(CC4CCN(CC[C@@H](C(=O)N5CCN(c6ncnc7c6[C@H](C)C[C@H]7O)CC5)c5ccc(Cl)cc5)CC4)CC3)C3CCCCC3)c2)C1)C(=O)OC(C)(C)C. The Bertz CT molecular complexity index is 3060. The molecule has 0 bridgehead atoms. The molecule has 1 aromatic heterocycles. The molecule has 6 aliphatic rings. The van der Waals surface area contributed by atoms with E-state index in [4.69, 9.17) is 25.8 Å². The molecule has 0 spiro atoms. The van der Waals surface area contributed by atoms with Gasteiger partial charge in [0, 0.05) is 106 Å². The van der Waals surface area contributed by atoms with Crippen molar-refractivity contribution in [3.8, 4) is 11.5 Å². The van der Waals surface area contributed by atoms with E-state index in [0.717, 1.165) is 137 Å². The minimum Gasteiger partial charge on any atom is -0.497 e. The number of methoxy groups -OCH3 is 1. The van der Waals surface area contributed by atoms with E-state index in [9.17, 15) is 29.1 Å². The van der Waals surface area contributed by atoms with E-state index in [1.807, 2.05) is 76.2 Å². The summed E-state index contributed by atoms with van der Waals surface area (Å²) in [5, 5.41) is 14.5. The Hall–Kier alpha value is -6.54. The van der Waals surface area contributed by atoms with Gasteiger partial charge in [-0.3, -0.25) is 29.0 Å². The van der Waals surface area contributed by atoms with E-state index in [1.165, 1.54) is 4.90 Å². The summed E-state index contributed by atoms with van der Waals surface area (Å²) in [7, 11) is 1.58. The van der Waals surface area contributed by atoms with Crippen LogP contribution in [-0.4, -0.2) is 198 Å². The van der Waals surface area contributed by atoms with Crippen LogP contribution >= 0.6 is 11.6 Å². The highest BCUT2D eigenvalue weighted by atomic mass is 35.5. The highest BCUT2D eigenvalue weighted by Gasteiger charge is 2.39. The first-order valence-electron chi connectivity index (χ1n) is 32.9. The average molecular weight is 1240 g/mol. The number of benzene rings is 3. The first-order valence-corrected chi connectivity index (χ1v) is 33.3. The smallest absolute Gasteiger partial charge is 0.411 e. The van der Waals surface area contributed by atoms with Gasteiger partial charge in [-0.25, -0.2) is 14.8 Å². The molecule has 2 N–H and O–H groups in total. The van der Waals surface area contributed by atoms with Gasteiger partial charge in [0.05, 0.1) is 38.0 Å². The fourth-order valence-electron chi connectivity index (χ4n) is 14.4. The number of anilines is 1. The van der Waals surface area contributed by atoms with Crippen LogP contribution in [0.2, 0.25) is 5.02 Å². The standard InChI is InChI=1S/C69H95ClN10O9/c1-7-88-59-41-56(87-6)23-20-54(59)44-80(68(86)89-69(3,4)5)45-60(82)79-27-12-17-53(43-79)51-15-11-16-52(40-51)65(83)73-62(50-13-9-8-10-14-50)67(85)78-33-31-75(32-34-78)42-48-24-28-74(29-25-48)30-26-57(49-18-21-55(70)22-19-49)66(84)77-37-35-76(36-38-77)64-61-47(2)39-58(81)63(61)71-46-72-64/h11,15-16,18-23,40-41,46-48,50,53,57-58,62,81H,7-10,12-14,17,24-39,42-45H2,1-6H3,(H,73,83)/t47-,53?,57-,58-,62-/m1/s1. The number of hydrogen-bond acceptors (Lipinski definition) is 14. The summed E-state index contributed by atoms with van der Waals surface area (Å²) < 4.78 is 17.2. The molecular weight excluding hydrogens is 1150 g/mol. The molecule has 482 valence electrons. The summed E-state index contributed by atoms with van der Waals surface area (Å²) in [4.78, 5) is 95.1. The third kappa shape index (κ3) is 16.7. The molecule has 5 atom stereocenters. The molecule has 4 aromatic rings. The average Bonchev–Trinajstić information content (AvgIpc) is 2.01. The molecule has 5 fully saturated rings. The van der Waals surface area contributed by atoms with Gasteiger partial charge in [-0.15, -0.1) is 0 Å². The number of halogens is 1. The summed E-state index contributed by atoms with van der Waals surface area (Å²) >= 11 is 6.35. The van der Waals surface area contributed by atoms with Gasteiger partial charge in [0.2, 0.25) is 17.7 Å². The highest BCUT2D eigenvalue weighted by Crippen LogP contribution is 2.43. The summed E-state index contributed by atoms with van der Waals surface area (Å²) in [6.45, 7) is 19.9. The number of carbonyl (C=O) groups is 5. The van der Waals surface area contributed by atoms with Gasteiger partial charge in [-0.2, -0.15) is 0 Å². The van der Waals surface area contributed by atoms with Crippen molar-refractivity contribution < 1.29 is 43.3 Å². The molecule has 5 heterocycles. The lowest BCUT2D eigenvalue weighted by molar-refractivity contribution is -0.137. The number of fused-ring (bicyclic) bond motifs is 1. The van der Waals surface area contributed by atoms with E-state index in [1.54, 1.807) is 46.3 Å². The molecule has 1 unspecified atom stereocenters. The van der Waals surface area contributed by atoms with Gasteiger partial charge in [-0.05, 0) is 164 Å². The Morgan fingerprint density at radius 3 is 2.21 bits per heavy atom. The van der Waals surface area contributed by atoms with Crippen LogP contribution in [0.4, 0.5) is 10.6 Å². The van der Waals surface area contributed by atoms with E-state index < -0.39 is 23.8 Å². The van der Waals surface area contributed by atoms with Gasteiger partial charge in [0.15, 0.2) is 0 Å². The zero-order valence-corrected chi connectivity index (χ0v) is 54.1. The number of amides is 5. The van der Waals surface area contributed by atoms with Crippen molar-refractivity contribution in [2.24, 2.45) is 11.8 Å². The number of nitrogens with zero attached hydrogens (tertiary/aromatic N) is 9. The van der Waals surface area contributed by atoms with E-state index in [-0.39, 0.29) is 60.4 Å². The van der Waals surface area contributed by atoms with Crippen LogP contribution in [0.15, 0.2) is 73.1 Å². The van der Waals surface area contributed by atoms with Gasteiger partial charge >= 0.3 is 6.09 Å². The number of ether oxygens (including phenoxy) is 3. The first-order chi connectivity index (χ1) is 42.9. The van der Waals surface area contributed by atoms with Gasteiger partial charge in [0.1, 0.15) is 41.8 Å². The molecule has 20 heteroatoms. The van der Waals surface area contributed by atoms with Crippen LogP contribution in [0.1, 0.15) is 167 Å². The zero-order valence-electron chi connectivity index (χ0n) is 53.4. The van der Waals surface area contributed by atoms with Crippen molar-refractivity contribution in [3.05, 3.63) is 112 Å². The second-order valence-electron chi connectivity index (χ2n) is 26.7. The van der Waals surface area contributed by atoms with Crippen LogP contribution in [0, 0.1) is 11.8 Å². The maximum atomic E-state index is 14.7. The van der Waals surface area contributed by atoms with Gasteiger partial charge in [0.25, 0.3) is 5.91 Å². The molecule has 5 amide bonds. The van der Waals surface area contributed by atoms with Crippen molar-refractivity contribution in [1.82, 2.24) is 44.7 Å². The van der Waals surface area contributed by atoms with Crippen molar-refractivity contribution >= 4 is 47.1 Å². The van der Waals surface area contributed by atoms with Crippen molar-refractivity contribution in [2.45, 2.75) is 147 Å². The number of hydrogen-bond donors (Lipinski definition) is 2. The fraction of sp³-hybridized carbons (Fsp3) is 0.609. The monoisotopic (exact) mass is 1240 g/mol. The lowest BCUT2D eigenvalue weighted by Crippen LogP contribution is -2.57. The van der Waals surface area contributed by atoms with Gasteiger partial charge < -0.3 is 49.1 Å². The lowest BCUT2D eigenvalue weighted by Gasteiger charge is -2.41. The molecule has 4 saturated heterocycles. The Kier molecular flexibility index (Phi) is 22.1. The molecular formula is C69H95ClN10O9. The second-order valence-corrected chi connectivity index (χ2v) is 27.1. The fourth-order valence-corrected chi connectivity index (χ4v) is 14.5. The maximum Gasteiger partial charge on any atom is 0.411 e. The number of piperazine rings is 2. The van der Waals surface area contributed by atoms with E-state index in [0.29, 0.717) is 93.4 Å². The number of aliphatic hydroxyl groups excluding tert-OH is 1. The minimum absolute atomic E-state index is 0.0104. The van der Waals surface area contributed by atoms with Crippen LogP contribution in [-0.2, 0) is 25.7 Å². The van der Waals surface area contributed by atoms with Crippen LogP contribution in [0.25, 0.3) is 0 Å². The van der Waals surface area contributed by atoms with E-state index >= 15 is 0 Å². The minimum atomic E-state index is -0.775. The molecule has 89 heavy (non-hydrogen) atoms. The maximum absolute atomic E-state index is 14.7. The summed E-state index contributed by atoms with van der Waals surface area (Å²) in [6, 6.07) is 20.2. The van der Waals surface area contributed by atoms with Crippen molar-refractivity contribution in [2.75, 3.05) is 117 Å². The molecule has 19 nitrogen and oxygen atoms in total. The Labute approximate surface area is 531 Å². The first kappa shape index (κ1) is 65.4. The van der Waals surface area contributed by atoms with Crippen LogP contribution in [0.3, 0.4) is 0 Å². The topological polar surface area (TPSA) is 194 Å². The molecule has 1 saturated carbocycles. The Balaban J connectivity index is 0.699. The molecule has 2 aliphatic carbocycles. The quantitative estimate of drug-likeness (QED) is 0.0850. The van der Waals surface area contributed by atoms with Crippen LogP contribution < -0.4 is 19.7 Å². The number of aromatic nitrogens is 2. The van der Waals surface area contributed by atoms with E-state index in [2.05, 4.69) is 36.9 Å². The number of piperidine rings is 2. The Morgan fingerprint density at radius 1 is 0.787 bits per heavy atom. The lowest BCUT2D eigenvalue weighted by atomic mass is 9.83. The summed E-state index contributed by atoms with van der Waals surface area (Å²) in [5.74, 6) is 2.25. The third-order valence-electron chi connectivity index (χ3n) is 19.4. The molecule has 0 radical (unpaired) electrons. The molecule has 10 rings (SSSR count).